The molecule has 0 bridgehead atoms. The number of halogens is 2. The summed E-state index contributed by atoms with van der Waals surface area (Å²) in [6.45, 7) is 9.12. The van der Waals surface area contributed by atoms with Gasteiger partial charge in [-0.05, 0) is 37.8 Å². The first-order valence-electron chi connectivity index (χ1n) is 6.91. The van der Waals surface area contributed by atoms with Crippen LogP contribution in [0.4, 0.5) is 0 Å². The number of piperidine rings is 1. The molecule has 0 radical (unpaired) electrons. The number of hydrogen-bond acceptors (Lipinski definition) is 3. The lowest BCUT2D eigenvalue weighted by atomic mass is 9.86. The van der Waals surface area contributed by atoms with E-state index >= 15 is 0 Å². The molecule has 0 spiro atoms. The zero-order valence-corrected chi connectivity index (χ0v) is 15.0. The Morgan fingerprint density at radius 3 is 2.40 bits per heavy atom. The van der Waals surface area contributed by atoms with Crippen LogP contribution in [-0.4, -0.2) is 55.5 Å². The highest BCUT2D eigenvalue weighted by atomic mass is 35.5. The van der Waals surface area contributed by atoms with Crippen molar-refractivity contribution in [2.24, 2.45) is 17.1 Å². The van der Waals surface area contributed by atoms with Crippen LogP contribution in [-0.2, 0) is 4.79 Å². The van der Waals surface area contributed by atoms with Crippen molar-refractivity contribution in [1.82, 2.24) is 9.80 Å². The average Bonchev–Trinajstić information content (AvgIpc) is 2.25. The Morgan fingerprint density at radius 1 is 1.40 bits per heavy atom. The van der Waals surface area contributed by atoms with E-state index in [-0.39, 0.29) is 36.1 Å². The number of nitrogens with two attached hydrogens (primary N) is 1. The number of hydrogen-bond donors (Lipinski definition) is 1. The molecule has 2 N–H and O–H groups in total. The molecule has 1 aliphatic rings. The Morgan fingerprint density at radius 2 is 1.95 bits per heavy atom. The average molecular weight is 328 g/mol. The van der Waals surface area contributed by atoms with Crippen molar-refractivity contribution >= 4 is 30.7 Å². The number of rotatable bonds is 3. The van der Waals surface area contributed by atoms with Crippen LogP contribution in [0.15, 0.2) is 0 Å². The van der Waals surface area contributed by atoms with Crippen molar-refractivity contribution in [2.45, 2.75) is 39.7 Å². The predicted octanol–water partition coefficient (Wildman–Crippen LogP) is 2.00. The zero-order chi connectivity index (χ0) is 13.9. The minimum Gasteiger partial charge on any atom is -0.344 e. The maximum atomic E-state index is 12.2. The summed E-state index contributed by atoms with van der Waals surface area (Å²) in [5.74, 6) is 0.653. The highest BCUT2D eigenvalue weighted by Gasteiger charge is 2.30. The van der Waals surface area contributed by atoms with Crippen LogP contribution in [0.3, 0.4) is 0 Å². The van der Waals surface area contributed by atoms with Crippen molar-refractivity contribution in [2.75, 3.05) is 33.7 Å². The molecule has 1 rings (SSSR count). The Labute approximate surface area is 136 Å². The van der Waals surface area contributed by atoms with Gasteiger partial charge in [0.25, 0.3) is 0 Å². The van der Waals surface area contributed by atoms with E-state index in [1.54, 1.807) is 0 Å². The van der Waals surface area contributed by atoms with Crippen LogP contribution in [0.2, 0.25) is 0 Å². The first kappa shape index (κ1) is 22.3. The summed E-state index contributed by atoms with van der Waals surface area (Å²) in [4.78, 5) is 16.4. The number of likely N-dealkylation sites (tertiary alicyclic amines) is 1. The summed E-state index contributed by atoms with van der Waals surface area (Å²) in [5.41, 5.74) is 5.85. The Kier molecular flexibility index (Phi) is 10.1. The van der Waals surface area contributed by atoms with Crippen molar-refractivity contribution in [1.29, 1.82) is 0 Å². The van der Waals surface area contributed by atoms with Crippen LogP contribution < -0.4 is 5.73 Å². The van der Waals surface area contributed by atoms with Crippen LogP contribution in [0, 0.1) is 11.3 Å². The normalized spacial score (nSPS) is 21.4. The number of nitrogens with zero attached hydrogens (tertiary/aromatic N) is 2. The van der Waals surface area contributed by atoms with Crippen molar-refractivity contribution in [3.8, 4) is 0 Å². The van der Waals surface area contributed by atoms with Crippen LogP contribution in [0.5, 0.6) is 0 Å². The molecule has 0 aromatic rings. The van der Waals surface area contributed by atoms with Gasteiger partial charge in [0.1, 0.15) is 0 Å². The topological polar surface area (TPSA) is 49.6 Å². The van der Waals surface area contributed by atoms with Crippen molar-refractivity contribution < 1.29 is 4.79 Å². The Balaban J connectivity index is 0. The van der Waals surface area contributed by atoms with Gasteiger partial charge in [0.2, 0.25) is 5.91 Å². The number of carbonyl (C=O) groups is 1. The second-order valence-electron chi connectivity index (χ2n) is 6.83. The maximum absolute atomic E-state index is 12.2. The van der Waals surface area contributed by atoms with Crippen LogP contribution >= 0.6 is 24.8 Å². The molecule has 1 amide bonds. The molecule has 0 aliphatic carbocycles. The summed E-state index contributed by atoms with van der Waals surface area (Å²) < 4.78 is 0. The molecular weight excluding hydrogens is 297 g/mol. The lowest BCUT2D eigenvalue weighted by molar-refractivity contribution is -0.134. The van der Waals surface area contributed by atoms with Crippen LogP contribution in [0.25, 0.3) is 0 Å². The van der Waals surface area contributed by atoms with E-state index in [1.807, 2.05) is 32.7 Å². The Bertz CT molecular complexity index is 295. The molecule has 0 aromatic carbocycles. The van der Waals surface area contributed by atoms with Gasteiger partial charge in [0.05, 0.1) is 6.04 Å². The molecule has 4 nitrogen and oxygen atoms in total. The van der Waals surface area contributed by atoms with E-state index in [4.69, 9.17) is 5.73 Å². The minimum atomic E-state index is -0.413. The number of likely N-dealkylation sites (N-methyl/N-ethyl adjacent to an activating group) is 1. The SMILES string of the molecule is CN1CCCC(CN(C)C(=O)[C@@H](N)C(C)(C)C)C1.Cl.Cl. The quantitative estimate of drug-likeness (QED) is 0.862. The minimum absolute atomic E-state index is 0. The third kappa shape index (κ3) is 6.61. The van der Waals surface area contributed by atoms with E-state index in [9.17, 15) is 4.79 Å². The van der Waals surface area contributed by atoms with Gasteiger partial charge < -0.3 is 15.5 Å². The highest BCUT2D eigenvalue weighted by Crippen LogP contribution is 2.20. The van der Waals surface area contributed by atoms with Gasteiger partial charge >= 0.3 is 0 Å². The monoisotopic (exact) mass is 327 g/mol. The van der Waals surface area contributed by atoms with Gasteiger partial charge in [0.15, 0.2) is 0 Å². The summed E-state index contributed by atoms with van der Waals surface area (Å²) in [5, 5.41) is 0. The molecule has 0 saturated carbocycles. The van der Waals surface area contributed by atoms with E-state index in [0.29, 0.717) is 5.92 Å². The third-order valence-corrected chi connectivity index (χ3v) is 3.83. The van der Waals surface area contributed by atoms with Gasteiger partial charge in [-0.1, -0.05) is 20.8 Å². The van der Waals surface area contributed by atoms with Gasteiger partial charge in [-0.2, -0.15) is 0 Å². The predicted molar refractivity (Wildman–Crippen MR) is 89.8 cm³/mol. The van der Waals surface area contributed by atoms with Gasteiger partial charge in [-0.15, -0.1) is 24.8 Å². The molecule has 1 fully saturated rings. The second-order valence-corrected chi connectivity index (χ2v) is 6.83. The molecule has 1 unspecified atom stereocenters. The summed E-state index contributed by atoms with van der Waals surface area (Å²) >= 11 is 0. The summed E-state index contributed by atoms with van der Waals surface area (Å²) in [6, 6.07) is -0.413. The molecule has 122 valence electrons. The Hall–Kier alpha value is -0.0300. The molecule has 1 saturated heterocycles. The van der Waals surface area contributed by atoms with Crippen molar-refractivity contribution in [3.63, 3.8) is 0 Å². The molecular formula is C14H31Cl2N3O. The zero-order valence-electron chi connectivity index (χ0n) is 13.4. The second kappa shape index (κ2) is 9.08. The molecule has 6 heteroatoms. The van der Waals surface area contributed by atoms with E-state index in [2.05, 4.69) is 11.9 Å². The summed E-state index contributed by atoms with van der Waals surface area (Å²) in [7, 11) is 4.03. The smallest absolute Gasteiger partial charge is 0.239 e. The number of carbonyl (C=O) groups excluding carboxylic acids is 1. The van der Waals surface area contributed by atoms with Crippen LogP contribution in [0.1, 0.15) is 33.6 Å². The first-order valence-corrected chi connectivity index (χ1v) is 6.91. The van der Waals surface area contributed by atoms with Gasteiger partial charge in [0, 0.05) is 20.1 Å². The van der Waals surface area contributed by atoms with E-state index in [1.165, 1.54) is 19.4 Å². The molecule has 0 aromatic heterocycles. The molecule has 20 heavy (non-hydrogen) atoms. The fourth-order valence-corrected chi connectivity index (χ4v) is 2.51. The lowest BCUT2D eigenvalue weighted by Gasteiger charge is -2.35. The largest absolute Gasteiger partial charge is 0.344 e. The standard InChI is InChI=1S/C14H29N3O.2ClH/c1-14(2,3)12(15)13(18)17(5)10-11-7-6-8-16(4)9-11;;/h11-12H,6-10,15H2,1-5H3;2*1H/t11?,12-;;/m1../s1. The van der Waals surface area contributed by atoms with Gasteiger partial charge in [-0.25, -0.2) is 0 Å². The molecule has 1 aliphatic heterocycles. The first-order chi connectivity index (χ1) is 8.21. The molecule has 1 heterocycles. The fraction of sp³-hybridized carbons (Fsp3) is 0.929. The number of amides is 1. The lowest BCUT2D eigenvalue weighted by Crippen LogP contribution is -2.51. The van der Waals surface area contributed by atoms with Crippen molar-refractivity contribution in [3.05, 3.63) is 0 Å². The van der Waals surface area contributed by atoms with E-state index < -0.39 is 6.04 Å². The highest BCUT2D eigenvalue weighted by molar-refractivity contribution is 5.85. The third-order valence-electron chi connectivity index (χ3n) is 3.83. The molecule has 2 atom stereocenters. The summed E-state index contributed by atoms with van der Waals surface area (Å²) in [6.07, 6.45) is 2.45. The van der Waals surface area contributed by atoms with E-state index in [0.717, 1.165) is 13.1 Å². The van der Waals surface area contributed by atoms with Gasteiger partial charge in [-0.3, -0.25) is 4.79 Å². The maximum Gasteiger partial charge on any atom is 0.239 e. The fourth-order valence-electron chi connectivity index (χ4n) is 2.51.